The van der Waals surface area contributed by atoms with E-state index in [1.807, 2.05) is 0 Å². The molecule has 0 aromatic heterocycles. The number of benzene rings is 1. The molecule has 17 N–H and O–H groups in total. The van der Waals surface area contributed by atoms with E-state index >= 15 is 0 Å². The van der Waals surface area contributed by atoms with Gasteiger partial charge in [-0.3, -0.25) is 47.9 Å². The largest absolute Gasteiger partial charge is 0.480 e. The fourth-order valence-corrected chi connectivity index (χ4v) is 7.79. The van der Waals surface area contributed by atoms with E-state index in [0.717, 1.165) is 6.92 Å². The number of aliphatic carboxylic acids is 1. The first-order chi connectivity index (χ1) is 33.0. The van der Waals surface area contributed by atoms with Gasteiger partial charge in [0, 0.05) is 32.4 Å². The van der Waals surface area contributed by atoms with E-state index in [9.17, 15) is 78.3 Å². The molecule has 1 aromatic carbocycles. The number of primary amides is 2. The van der Waals surface area contributed by atoms with E-state index < -0.39 is 158 Å². The molecule has 11 atom stereocenters. The highest BCUT2D eigenvalue weighted by Crippen LogP contribution is 2.26. The van der Waals surface area contributed by atoms with Crippen molar-refractivity contribution in [1.29, 1.82) is 0 Å². The van der Waals surface area contributed by atoms with Crippen LogP contribution in [0, 0.1) is 0 Å². The molecule has 0 saturated carbocycles. The van der Waals surface area contributed by atoms with Gasteiger partial charge in [0.2, 0.25) is 59.1 Å². The summed E-state index contributed by atoms with van der Waals surface area (Å²) in [5, 5.41) is 63.8. The number of nitrogens with one attached hydrogen (secondary N) is 6. The molecule has 2 fully saturated rings. The smallest absolute Gasteiger partial charge is 0.328 e. The van der Waals surface area contributed by atoms with E-state index in [0.29, 0.717) is 18.4 Å². The van der Waals surface area contributed by atoms with Crippen molar-refractivity contribution in [3.8, 4) is 0 Å². The Bertz CT molecular complexity index is 2060. The topological polar surface area (TPSA) is 446 Å². The number of carboxylic acid groups (broad SMARTS) is 1. The minimum absolute atomic E-state index is 0.0609. The highest BCUT2D eigenvalue weighted by molar-refractivity contribution is 5.99. The molecule has 0 spiro atoms. The molecule has 10 amide bonds. The molecule has 2 saturated heterocycles. The Hall–Kier alpha value is -6.81. The summed E-state index contributed by atoms with van der Waals surface area (Å²) in [7, 11) is 0. The summed E-state index contributed by atoms with van der Waals surface area (Å²) in [5.74, 6) is -10.9. The number of likely N-dealkylation sites (tertiary alicyclic amines) is 2. The van der Waals surface area contributed by atoms with Crippen molar-refractivity contribution in [3.05, 3.63) is 35.9 Å². The molecular weight excluding hydrogens is 927 g/mol. The highest BCUT2D eigenvalue weighted by Gasteiger charge is 2.45. The molecule has 0 radical (unpaired) electrons. The summed E-state index contributed by atoms with van der Waals surface area (Å²) in [6.45, 7) is 0.238. The van der Waals surface area contributed by atoms with Crippen molar-refractivity contribution in [2.75, 3.05) is 26.3 Å². The average Bonchev–Trinajstić information content (AvgIpc) is 4.02. The summed E-state index contributed by atoms with van der Waals surface area (Å²) in [6.07, 6.45) is -3.47. The number of hydrogen-bond donors (Lipinski definition) is 14. The SMILES string of the molecule is C[C@@H](O)[C@H](NC(=O)[C@@H]1CCCN1C(=O)[C@@H]1CCCN1C(=O)[C@H](Cc1ccccc1)NC(=O)[C@H](CO)NC(=O)[C@H](CO)NC(=O)[C@@H](NC(=O)[C@H](CCC(N)=O)NC(=O)[C@@H](N)CCC(N)=O)[C@@H](C)O)C(=O)O. The number of carbonyl (C=O) groups excluding carboxylic acids is 10. The van der Waals surface area contributed by atoms with Crippen LogP contribution in [0.5, 0.6) is 0 Å². The van der Waals surface area contributed by atoms with Crippen molar-refractivity contribution in [3.63, 3.8) is 0 Å². The minimum atomic E-state index is -1.89. The molecule has 388 valence electrons. The van der Waals surface area contributed by atoms with Crippen LogP contribution < -0.4 is 49.1 Å². The maximum atomic E-state index is 14.4. The molecule has 2 heterocycles. The summed E-state index contributed by atoms with van der Waals surface area (Å²) in [4.78, 5) is 145. The Balaban J connectivity index is 1.77. The van der Waals surface area contributed by atoms with E-state index in [1.54, 1.807) is 30.3 Å². The van der Waals surface area contributed by atoms with E-state index in [4.69, 9.17) is 17.2 Å². The molecule has 27 heteroatoms. The number of rotatable bonds is 27. The van der Waals surface area contributed by atoms with Crippen LogP contribution in [0.25, 0.3) is 0 Å². The molecule has 27 nitrogen and oxygen atoms in total. The van der Waals surface area contributed by atoms with Gasteiger partial charge in [0.25, 0.3) is 0 Å². The van der Waals surface area contributed by atoms with Gasteiger partial charge in [0.1, 0.15) is 42.3 Å². The van der Waals surface area contributed by atoms with Gasteiger partial charge in [-0.25, -0.2) is 4.79 Å². The fraction of sp³-hybridized carbons (Fsp3) is 0.605. The molecule has 2 aliphatic rings. The number of aliphatic hydroxyl groups is 4. The van der Waals surface area contributed by atoms with Gasteiger partial charge in [0.15, 0.2) is 6.04 Å². The number of carboxylic acids is 1. The summed E-state index contributed by atoms with van der Waals surface area (Å²) >= 11 is 0. The average molecular weight is 992 g/mol. The second kappa shape index (κ2) is 27.4. The predicted molar refractivity (Wildman–Crippen MR) is 241 cm³/mol. The molecule has 0 unspecified atom stereocenters. The maximum absolute atomic E-state index is 14.4. The molecule has 1 aromatic rings. The van der Waals surface area contributed by atoms with Gasteiger partial charge in [-0.2, -0.15) is 0 Å². The molecule has 0 bridgehead atoms. The van der Waals surface area contributed by atoms with Crippen LogP contribution in [0.1, 0.15) is 70.8 Å². The third-order valence-corrected chi connectivity index (χ3v) is 11.6. The Morgan fingerprint density at radius 1 is 0.614 bits per heavy atom. The Morgan fingerprint density at radius 2 is 1.10 bits per heavy atom. The van der Waals surface area contributed by atoms with Crippen molar-refractivity contribution < 1.29 is 78.3 Å². The molecule has 3 rings (SSSR count). The molecule has 70 heavy (non-hydrogen) atoms. The van der Waals surface area contributed by atoms with Gasteiger partial charge >= 0.3 is 5.97 Å². The van der Waals surface area contributed by atoms with Crippen LogP contribution in [-0.2, 0) is 59.2 Å². The Kier molecular flexibility index (Phi) is 22.5. The van der Waals surface area contributed by atoms with Crippen LogP contribution in [0.2, 0.25) is 0 Å². The Labute approximate surface area is 402 Å². The summed E-state index contributed by atoms with van der Waals surface area (Å²) in [5.41, 5.74) is 16.7. The van der Waals surface area contributed by atoms with Gasteiger partial charge in [-0.15, -0.1) is 0 Å². The van der Waals surface area contributed by atoms with Crippen molar-refractivity contribution in [1.82, 2.24) is 41.7 Å². The third kappa shape index (κ3) is 16.7. The van der Waals surface area contributed by atoms with Crippen LogP contribution in [-0.4, -0.2) is 193 Å². The van der Waals surface area contributed by atoms with Crippen LogP contribution in [0.15, 0.2) is 30.3 Å². The van der Waals surface area contributed by atoms with Gasteiger partial charge in [0.05, 0.1) is 31.5 Å². The van der Waals surface area contributed by atoms with Crippen molar-refractivity contribution in [2.24, 2.45) is 17.2 Å². The second-order valence-corrected chi connectivity index (χ2v) is 17.1. The van der Waals surface area contributed by atoms with Crippen molar-refractivity contribution >= 4 is 65.0 Å². The lowest BCUT2D eigenvalue weighted by molar-refractivity contribution is -0.149. The molecule has 0 aliphatic carbocycles. The molecular formula is C43H65N11O16. The lowest BCUT2D eigenvalue weighted by Gasteiger charge is -2.33. The monoisotopic (exact) mass is 991 g/mol. The predicted octanol–water partition coefficient (Wildman–Crippen LogP) is -7.19. The van der Waals surface area contributed by atoms with Gasteiger partial charge < -0.3 is 84.4 Å². The van der Waals surface area contributed by atoms with E-state index in [1.165, 1.54) is 16.7 Å². The van der Waals surface area contributed by atoms with Crippen LogP contribution >= 0.6 is 0 Å². The van der Waals surface area contributed by atoms with Gasteiger partial charge in [-0.05, 0) is 57.9 Å². The van der Waals surface area contributed by atoms with E-state index in [-0.39, 0.29) is 45.2 Å². The standard InChI is InChI=1S/C43H65N11O16/c1-21(57)33(51-36(62)25(13-15-32(46)60)47-35(61)24(44)12-14-31(45)59)40(66)50-28(20-56)38(64)49-27(19-55)37(63)48-26(18-23-8-4-3-5-9-23)41(67)54-17-7-11-30(54)42(68)53-16-6-10-29(53)39(65)52-34(22(2)58)43(69)70/h3-5,8-9,21-22,24-30,33-34,55-58H,6-7,10-20,44H2,1-2H3,(H2,45,59)(H2,46,60)(H,47,61)(H,48,63)(H,49,64)(H,50,66)(H,51,62)(H,52,65)(H,69,70)/t21-,22-,24+,25+,26+,27+,28+,29+,30+,33+,34+/m1/s1. The number of nitrogens with zero attached hydrogens (tertiary/aromatic N) is 2. The van der Waals surface area contributed by atoms with Crippen LogP contribution in [0.3, 0.4) is 0 Å². The lowest BCUT2D eigenvalue weighted by atomic mass is 10.0. The zero-order valence-corrected chi connectivity index (χ0v) is 38.8. The fourth-order valence-electron chi connectivity index (χ4n) is 7.79. The number of hydrogen-bond acceptors (Lipinski definition) is 16. The minimum Gasteiger partial charge on any atom is -0.480 e. The lowest BCUT2D eigenvalue weighted by Crippen LogP contribution is -2.62. The van der Waals surface area contributed by atoms with E-state index in [2.05, 4.69) is 31.9 Å². The first-order valence-corrected chi connectivity index (χ1v) is 22.6. The number of nitrogens with two attached hydrogens (primary N) is 3. The third-order valence-electron chi connectivity index (χ3n) is 11.6. The zero-order chi connectivity index (χ0) is 52.4. The number of aliphatic hydroxyl groups excluding tert-OH is 4. The first-order valence-electron chi connectivity index (χ1n) is 22.6. The maximum Gasteiger partial charge on any atom is 0.328 e. The highest BCUT2D eigenvalue weighted by atomic mass is 16.4. The van der Waals surface area contributed by atoms with Gasteiger partial charge in [-0.1, -0.05) is 30.3 Å². The summed E-state index contributed by atoms with van der Waals surface area (Å²) in [6, 6.07) is -5.34. The number of amides is 10. The molecule has 2 aliphatic heterocycles. The van der Waals surface area contributed by atoms with Crippen LogP contribution in [0.4, 0.5) is 0 Å². The zero-order valence-electron chi connectivity index (χ0n) is 38.8. The van der Waals surface area contributed by atoms with Crippen molar-refractivity contribution in [2.45, 2.75) is 138 Å². The Morgan fingerprint density at radius 3 is 1.63 bits per heavy atom. The quantitative estimate of drug-likeness (QED) is 0.0389. The summed E-state index contributed by atoms with van der Waals surface area (Å²) < 4.78 is 0. The normalized spacial score (nSPS) is 19.4. The first kappa shape index (κ1) is 57.5. The number of carbonyl (C=O) groups is 11. The second-order valence-electron chi connectivity index (χ2n) is 17.1.